The van der Waals surface area contributed by atoms with Crippen molar-refractivity contribution in [2.75, 3.05) is 21.2 Å². The molecule has 0 spiro atoms. The third-order valence-electron chi connectivity index (χ3n) is 2.55. The fraction of sp³-hybridized carbons (Fsp3) is 0.571. The number of aliphatic hydroxyl groups is 1. The van der Waals surface area contributed by atoms with Crippen molar-refractivity contribution >= 4 is 29.3 Å². The normalized spacial score (nSPS) is 11.9. The van der Waals surface area contributed by atoms with E-state index in [-0.39, 0.29) is 5.97 Å². The lowest BCUT2D eigenvalue weighted by atomic mass is 10.0. The summed E-state index contributed by atoms with van der Waals surface area (Å²) in [6.45, 7) is 3.54. The van der Waals surface area contributed by atoms with E-state index in [9.17, 15) is 9.90 Å². The fourth-order valence-electron chi connectivity index (χ4n) is 1.50. The quantitative estimate of drug-likeness (QED) is 0.498. The van der Waals surface area contributed by atoms with Crippen LogP contribution in [0.5, 0.6) is 0 Å². The lowest BCUT2D eigenvalue weighted by Crippen LogP contribution is -2.18. The van der Waals surface area contributed by atoms with E-state index < -0.39 is 5.60 Å². The summed E-state index contributed by atoms with van der Waals surface area (Å²) in [6.07, 6.45) is 2.98. The summed E-state index contributed by atoms with van der Waals surface area (Å²) < 4.78 is 4.78. The van der Waals surface area contributed by atoms with Crippen LogP contribution in [0.1, 0.15) is 34.8 Å². The monoisotopic (exact) mass is 298 g/mol. The third-order valence-corrected chi connectivity index (χ3v) is 3.71. The van der Waals surface area contributed by atoms with Crippen LogP contribution in [0.25, 0.3) is 0 Å². The highest BCUT2D eigenvalue weighted by molar-refractivity contribution is 7.14. The molecule has 1 heterocycles. The Balaban J connectivity index is 2.96. The first-order chi connectivity index (χ1) is 9.23. The molecule has 0 aromatic carbocycles. The lowest BCUT2D eigenvalue weighted by molar-refractivity contribution is 0.0607. The Morgan fingerprint density at radius 2 is 2.20 bits per heavy atom. The number of thiophene rings is 1. The summed E-state index contributed by atoms with van der Waals surface area (Å²) in [4.78, 5) is 19.3. The Morgan fingerprint density at radius 1 is 1.55 bits per heavy atom. The summed E-state index contributed by atoms with van der Waals surface area (Å²) in [5.41, 5.74) is -0.107. The van der Waals surface area contributed by atoms with Crippen molar-refractivity contribution in [1.82, 2.24) is 4.90 Å². The topological polar surface area (TPSA) is 62.1 Å². The van der Waals surface area contributed by atoms with Crippen LogP contribution in [0.4, 0.5) is 5.69 Å². The second-order valence-corrected chi connectivity index (χ2v) is 6.58. The van der Waals surface area contributed by atoms with Crippen LogP contribution in [-0.2, 0) is 11.2 Å². The van der Waals surface area contributed by atoms with Gasteiger partial charge in [0.2, 0.25) is 0 Å². The van der Waals surface area contributed by atoms with Gasteiger partial charge in [-0.1, -0.05) is 0 Å². The van der Waals surface area contributed by atoms with E-state index in [4.69, 9.17) is 4.74 Å². The molecule has 112 valence electrons. The summed E-state index contributed by atoms with van der Waals surface area (Å²) >= 11 is 1.37. The summed E-state index contributed by atoms with van der Waals surface area (Å²) in [5, 5.41) is 9.76. The standard InChI is InChI=1S/C14H22N2O3S/c1-14(2,18)7-6-10-8-11(15-9-16(3)4)12(20-10)13(17)19-5/h8-9,18H,6-7H2,1-5H3. The SMILES string of the molecule is COC(=O)c1sc(CCC(C)(C)O)cc1N=CN(C)C. The first kappa shape index (κ1) is 16.7. The Kier molecular flexibility index (Phi) is 5.71. The molecule has 0 radical (unpaired) electrons. The zero-order chi connectivity index (χ0) is 15.3. The highest BCUT2D eigenvalue weighted by atomic mass is 32.1. The predicted molar refractivity (Wildman–Crippen MR) is 82.1 cm³/mol. The van der Waals surface area contributed by atoms with Crippen molar-refractivity contribution in [3.63, 3.8) is 0 Å². The summed E-state index contributed by atoms with van der Waals surface area (Å²) in [5.74, 6) is -0.379. The molecule has 0 fully saturated rings. The van der Waals surface area contributed by atoms with Crippen LogP contribution >= 0.6 is 11.3 Å². The van der Waals surface area contributed by atoms with E-state index in [1.165, 1.54) is 18.4 Å². The minimum atomic E-state index is -0.720. The molecule has 1 N–H and O–H groups in total. The number of carbonyl (C=O) groups excluding carboxylic acids is 1. The molecular formula is C14H22N2O3S. The van der Waals surface area contributed by atoms with Gasteiger partial charge in [0.25, 0.3) is 0 Å². The first-order valence-corrected chi connectivity index (χ1v) is 7.18. The minimum Gasteiger partial charge on any atom is -0.465 e. The van der Waals surface area contributed by atoms with Gasteiger partial charge in [0, 0.05) is 19.0 Å². The average molecular weight is 298 g/mol. The molecule has 1 rings (SSSR count). The summed E-state index contributed by atoms with van der Waals surface area (Å²) in [6, 6.07) is 1.88. The van der Waals surface area contributed by atoms with Crippen molar-refractivity contribution in [3.8, 4) is 0 Å². The van der Waals surface area contributed by atoms with Gasteiger partial charge in [-0.3, -0.25) is 0 Å². The fourth-order valence-corrected chi connectivity index (χ4v) is 2.52. The molecule has 0 saturated carbocycles. The van der Waals surface area contributed by atoms with Gasteiger partial charge in [-0.2, -0.15) is 0 Å². The van der Waals surface area contributed by atoms with Crippen molar-refractivity contribution in [2.24, 2.45) is 4.99 Å². The number of hydrogen-bond donors (Lipinski definition) is 1. The smallest absolute Gasteiger partial charge is 0.350 e. The molecule has 0 saturated heterocycles. The van der Waals surface area contributed by atoms with Gasteiger partial charge in [0.05, 0.1) is 24.7 Å². The molecule has 0 amide bonds. The maximum atomic E-state index is 11.7. The number of esters is 1. The first-order valence-electron chi connectivity index (χ1n) is 6.37. The largest absolute Gasteiger partial charge is 0.465 e. The highest BCUT2D eigenvalue weighted by Gasteiger charge is 2.18. The van der Waals surface area contributed by atoms with Gasteiger partial charge >= 0.3 is 5.97 Å². The number of carbonyl (C=O) groups is 1. The number of aliphatic imine (C=N–C) groups is 1. The number of nitrogens with zero attached hydrogens (tertiary/aromatic N) is 2. The number of methoxy groups -OCH3 is 1. The molecule has 0 aliphatic heterocycles. The molecule has 20 heavy (non-hydrogen) atoms. The van der Waals surface area contributed by atoms with Crippen LogP contribution in [0.3, 0.4) is 0 Å². The molecule has 0 aliphatic rings. The molecule has 5 nitrogen and oxygen atoms in total. The zero-order valence-corrected chi connectivity index (χ0v) is 13.5. The molecule has 0 aliphatic carbocycles. The van der Waals surface area contributed by atoms with Gasteiger partial charge in [0.1, 0.15) is 4.88 Å². The molecule has 6 heteroatoms. The van der Waals surface area contributed by atoms with Crippen LogP contribution in [0.15, 0.2) is 11.1 Å². The average Bonchev–Trinajstić information content (AvgIpc) is 2.75. The van der Waals surface area contributed by atoms with E-state index in [0.717, 1.165) is 4.88 Å². The Labute approximate surface area is 123 Å². The second kappa shape index (κ2) is 6.85. The van der Waals surface area contributed by atoms with Gasteiger partial charge in [0.15, 0.2) is 0 Å². The maximum absolute atomic E-state index is 11.7. The summed E-state index contributed by atoms with van der Waals surface area (Å²) in [7, 11) is 5.09. The van der Waals surface area contributed by atoms with Crippen LogP contribution in [-0.4, -0.2) is 49.1 Å². The molecular weight excluding hydrogens is 276 g/mol. The third kappa shape index (κ3) is 5.30. The maximum Gasteiger partial charge on any atom is 0.350 e. The van der Waals surface area contributed by atoms with E-state index >= 15 is 0 Å². The highest BCUT2D eigenvalue weighted by Crippen LogP contribution is 2.32. The predicted octanol–water partition coefficient (Wildman–Crippen LogP) is 2.46. The Morgan fingerprint density at radius 3 is 2.70 bits per heavy atom. The van der Waals surface area contributed by atoms with Crippen molar-refractivity contribution < 1.29 is 14.6 Å². The molecule has 0 bridgehead atoms. The van der Waals surface area contributed by atoms with E-state index in [1.807, 2.05) is 20.2 Å². The zero-order valence-electron chi connectivity index (χ0n) is 12.6. The lowest BCUT2D eigenvalue weighted by Gasteiger charge is -2.15. The molecule has 0 atom stereocenters. The number of rotatable bonds is 6. The van der Waals surface area contributed by atoms with Gasteiger partial charge in [-0.05, 0) is 32.8 Å². The van der Waals surface area contributed by atoms with Crippen molar-refractivity contribution in [2.45, 2.75) is 32.3 Å². The van der Waals surface area contributed by atoms with E-state index in [1.54, 1.807) is 25.1 Å². The van der Waals surface area contributed by atoms with Crippen LogP contribution in [0, 0.1) is 0 Å². The van der Waals surface area contributed by atoms with Crippen molar-refractivity contribution in [1.29, 1.82) is 0 Å². The van der Waals surface area contributed by atoms with Crippen LogP contribution < -0.4 is 0 Å². The molecule has 0 unspecified atom stereocenters. The van der Waals surface area contributed by atoms with Gasteiger partial charge < -0.3 is 14.7 Å². The Bertz CT molecular complexity index is 487. The van der Waals surface area contributed by atoms with E-state index in [0.29, 0.717) is 23.4 Å². The van der Waals surface area contributed by atoms with Crippen LogP contribution in [0.2, 0.25) is 0 Å². The van der Waals surface area contributed by atoms with Gasteiger partial charge in [-0.25, -0.2) is 9.79 Å². The molecule has 1 aromatic rings. The number of hydrogen-bond acceptors (Lipinski definition) is 5. The second-order valence-electron chi connectivity index (χ2n) is 5.44. The van der Waals surface area contributed by atoms with E-state index in [2.05, 4.69) is 4.99 Å². The molecule has 1 aromatic heterocycles. The number of ether oxygens (including phenoxy) is 1. The van der Waals surface area contributed by atoms with Gasteiger partial charge in [-0.15, -0.1) is 11.3 Å². The van der Waals surface area contributed by atoms with Crippen molar-refractivity contribution in [3.05, 3.63) is 15.8 Å². The number of aryl methyl sites for hydroxylation is 1. The minimum absolute atomic E-state index is 0.379. The Hall–Kier alpha value is -1.40.